The number of anilines is 1. The van der Waals surface area contributed by atoms with Gasteiger partial charge in [0.15, 0.2) is 14.9 Å². The number of pyridine rings is 1. The Morgan fingerprint density at radius 1 is 1.07 bits per heavy atom. The summed E-state index contributed by atoms with van der Waals surface area (Å²) in [6.45, 7) is 0. The SMILES string of the molecule is Nc1c([N+](=O)[O-])c(Br)nc(Br)c1[N+](=O)[O-]. The molecule has 0 aromatic carbocycles. The van der Waals surface area contributed by atoms with Crippen molar-refractivity contribution in [3.8, 4) is 0 Å². The minimum atomic E-state index is -0.841. The Morgan fingerprint density at radius 2 is 1.40 bits per heavy atom. The zero-order valence-corrected chi connectivity index (χ0v) is 9.98. The maximum Gasteiger partial charge on any atom is 0.331 e. The number of hydrogen-bond acceptors (Lipinski definition) is 6. The van der Waals surface area contributed by atoms with Crippen molar-refractivity contribution in [3.05, 3.63) is 29.4 Å². The van der Waals surface area contributed by atoms with E-state index >= 15 is 0 Å². The Kier molecular flexibility index (Phi) is 3.19. The minimum absolute atomic E-state index is 0.164. The smallest absolute Gasteiger partial charge is 0.331 e. The molecule has 80 valence electrons. The van der Waals surface area contributed by atoms with Crippen LogP contribution >= 0.6 is 31.9 Å². The van der Waals surface area contributed by atoms with Gasteiger partial charge in [0.25, 0.3) is 0 Å². The van der Waals surface area contributed by atoms with Crippen molar-refractivity contribution >= 4 is 48.9 Å². The number of nitro groups is 2. The molecule has 0 bridgehead atoms. The zero-order chi connectivity index (χ0) is 11.7. The van der Waals surface area contributed by atoms with Gasteiger partial charge in [-0.05, 0) is 31.9 Å². The molecule has 15 heavy (non-hydrogen) atoms. The Bertz CT molecular complexity index is 425. The van der Waals surface area contributed by atoms with Gasteiger partial charge >= 0.3 is 11.4 Å². The van der Waals surface area contributed by atoms with Crippen molar-refractivity contribution < 1.29 is 9.85 Å². The predicted octanol–water partition coefficient (Wildman–Crippen LogP) is 2.01. The van der Waals surface area contributed by atoms with Crippen LogP contribution in [0.5, 0.6) is 0 Å². The second-order valence-electron chi connectivity index (χ2n) is 2.32. The lowest BCUT2D eigenvalue weighted by atomic mass is 10.3. The summed E-state index contributed by atoms with van der Waals surface area (Å²) >= 11 is 5.59. The van der Waals surface area contributed by atoms with E-state index in [0.717, 1.165) is 0 Å². The van der Waals surface area contributed by atoms with Crippen LogP contribution in [0.2, 0.25) is 0 Å². The van der Waals surface area contributed by atoms with Crippen molar-refractivity contribution in [2.75, 3.05) is 5.73 Å². The number of hydrogen-bond donors (Lipinski definition) is 1. The molecule has 8 nitrogen and oxygen atoms in total. The summed E-state index contributed by atoms with van der Waals surface area (Å²) < 4.78 is -0.329. The maximum atomic E-state index is 10.5. The fourth-order valence-electron chi connectivity index (χ4n) is 0.874. The highest BCUT2D eigenvalue weighted by Crippen LogP contribution is 2.40. The molecule has 1 aromatic rings. The van der Waals surface area contributed by atoms with Crippen molar-refractivity contribution in [2.45, 2.75) is 0 Å². The largest absolute Gasteiger partial charge is 0.387 e. The highest BCUT2D eigenvalue weighted by Gasteiger charge is 2.30. The molecule has 1 rings (SSSR count). The average molecular weight is 342 g/mol. The Morgan fingerprint density at radius 3 is 1.67 bits per heavy atom. The van der Waals surface area contributed by atoms with Crippen molar-refractivity contribution in [1.29, 1.82) is 0 Å². The highest BCUT2D eigenvalue weighted by atomic mass is 79.9. The van der Waals surface area contributed by atoms with Gasteiger partial charge in [0.2, 0.25) is 0 Å². The van der Waals surface area contributed by atoms with Gasteiger partial charge < -0.3 is 5.73 Å². The van der Waals surface area contributed by atoms with Gasteiger partial charge in [-0.15, -0.1) is 0 Å². The zero-order valence-electron chi connectivity index (χ0n) is 6.81. The lowest BCUT2D eigenvalue weighted by Gasteiger charge is -2.01. The molecule has 1 aromatic heterocycles. The van der Waals surface area contributed by atoms with Gasteiger partial charge in [-0.25, -0.2) is 4.98 Å². The van der Waals surface area contributed by atoms with E-state index < -0.39 is 26.9 Å². The van der Waals surface area contributed by atoms with E-state index in [1.807, 2.05) is 0 Å². The van der Waals surface area contributed by atoms with Crippen LogP contribution < -0.4 is 5.73 Å². The summed E-state index contributed by atoms with van der Waals surface area (Å²) in [4.78, 5) is 23.0. The fourth-order valence-corrected chi connectivity index (χ4v) is 2.18. The Hall–Kier alpha value is -1.29. The van der Waals surface area contributed by atoms with Gasteiger partial charge in [0, 0.05) is 0 Å². The van der Waals surface area contributed by atoms with Crippen LogP contribution in [0, 0.1) is 20.2 Å². The van der Waals surface area contributed by atoms with E-state index in [1.54, 1.807) is 0 Å². The van der Waals surface area contributed by atoms with Gasteiger partial charge in [0.05, 0.1) is 9.85 Å². The normalized spacial score (nSPS) is 10.0. The van der Waals surface area contributed by atoms with Crippen molar-refractivity contribution in [2.24, 2.45) is 0 Å². The summed E-state index contributed by atoms with van der Waals surface area (Å²) in [5, 5.41) is 21.1. The number of halogens is 2. The molecule has 0 aliphatic carbocycles. The van der Waals surface area contributed by atoms with E-state index in [4.69, 9.17) is 5.73 Å². The van der Waals surface area contributed by atoms with Crippen LogP contribution in [0.3, 0.4) is 0 Å². The van der Waals surface area contributed by atoms with Crippen LogP contribution in [0.15, 0.2) is 9.21 Å². The lowest BCUT2D eigenvalue weighted by molar-refractivity contribution is -0.393. The second-order valence-corrected chi connectivity index (χ2v) is 3.82. The first-order valence-corrected chi connectivity index (χ1v) is 4.88. The highest BCUT2D eigenvalue weighted by molar-refractivity contribution is 9.11. The first-order chi connectivity index (χ1) is 6.86. The molecule has 0 aliphatic heterocycles. The van der Waals surface area contributed by atoms with Crippen LogP contribution in [0.1, 0.15) is 0 Å². The minimum Gasteiger partial charge on any atom is -0.387 e. The number of nitrogens with zero attached hydrogens (tertiary/aromatic N) is 3. The van der Waals surface area contributed by atoms with Gasteiger partial charge in [-0.2, -0.15) is 0 Å². The van der Waals surface area contributed by atoms with E-state index in [0.29, 0.717) is 0 Å². The predicted molar refractivity (Wildman–Crippen MR) is 57.4 cm³/mol. The summed E-state index contributed by atoms with van der Waals surface area (Å²) in [7, 11) is 0. The summed E-state index contributed by atoms with van der Waals surface area (Å²) in [6.07, 6.45) is 0. The Balaban J connectivity index is 3.64. The molecule has 0 saturated carbocycles. The van der Waals surface area contributed by atoms with E-state index in [1.165, 1.54) is 0 Å². The first kappa shape index (κ1) is 11.8. The third-order valence-corrected chi connectivity index (χ3v) is 2.57. The molecular weight excluding hydrogens is 340 g/mol. The first-order valence-electron chi connectivity index (χ1n) is 3.29. The summed E-state index contributed by atoms with van der Waals surface area (Å²) in [6, 6.07) is 0. The molecule has 0 unspecified atom stereocenters. The molecule has 0 aliphatic rings. The molecular formula is C5H2Br2N4O4. The number of nitrogen functional groups attached to an aromatic ring is 1. The molecule has 0 spiro atoms. The van der Waals surface area contributed by atoms with Gasteiger partial charge in [-0.1, -0.05) is 0 Å². The van der Waals surface area contributed by atoms with Crippen LogP contribution in [-0.2, 0) is 0 Å². The molecule has 0 fully saturated rings. The van der Waals surface area contributed by atoms with Crippen molar-refractivity contribution in [3.63, 3.8) is 0 Å². The lowest BCUT2D eigenvalue weighted by Crippen LogP contribution is -2.04. The molecule has 0 amide bonds. The summed E-state index contributed by atoms with van der Waals surface area (Å²) in [5.41, 5.74) is 3.52. The van der Waals surface area contributed by atoms with Crippen LogP contribution in [0.4, 0.5) is 17.1 Å². The van der Waals surface area contributed by atoms with Crippen molar-refractivity contribution in [1.82, 2.24) is 4.98 Å². The van der Waals surface area contributed by atoms with Gasteiger partial charge in [0.1, 0.15) is 0 Å². The fraction of sp³-hybridized carbons (Fsp3) is 0. The topological polar surface area (TPSA) is 125 Å². The third kappa shape index (κ3) is 2.04. The standard InChI is InChI=1S/C5H2Br2N4O4/c6-4-2(10(12)13)1(8)3(11(14)15)5(7)9-4/h(H2,8,9). The Labute approximate surface area is 99.0 Å². The molecule has 10 heteroatoms. The third-order valence-electron chi connectivity index (χ3n) is 1.46. The van der Waals surface area contributed by atoms with E-state index in [-0.39, 0.29) is 9.21 Å². The molecule has 2 N–H and O–H groups in total. The van der Waals surface area contributed by atoms with Crippen LogP contribution in [-0.4, -0.2) is 14.8 Å². The maximum absolute atomic E-state index is 10.5. The van der Waals surface area contributed by atoms with E-state index in [2.05, 4.69) is 36.8 Å². The quantitative estimate of drug-likeness (QED) is 0.498. The second kappa shape index (κ2) is 4.06. The monoisotopic (exact) mass is 340 g/mol. The molecule has 1 heterocycles. The number of rotatable bonds is 2. The summed E-state index contributed by atoms with van der Waals surface area (Å²) in [5.74, 6) is 0. The molecule has 0 radical (unpaired) electrons. The molecule has 0 saturated heterocycles. The number of aromatic nitrogens is 1. The average Bonchev–Trinajstić information content (AvgIpc) is 1.99. The number of nitrogens with two attached hydrogens (primary N) is 1. The van der Waals surface area contributed by atoms with Gasteiger partial charge in [-0.3, -0.25) is 20.2 Å². The molecule has 0 atom stereocenters. The van der Waals surface area contributed by atoms with Crippen LogP contribution in [0.25, 0.3) is 0 Å². The van der Waals surface area contributed by atoms with E-state index in [9.17, 15) is 20.2 Å².